The van der Waals surface area contributed by atoms with Crippen molar-refractivity contribution in [2.24, 2.45) is 0 Å². The van der Waals surface area contributed by atoms with Crippen molar-refractivity contribution in [1.29, 1.82) is 0 Å². The predicted molar refractivity (Wildman–Crippen MR) is 61.0 cm³/mol. The molecule has 0 aromatic carbocycles. The fourth-order valence-electron chi connectivity index (χ4n) is 2.13. The zero-order valence-corrected chi connectivity index (χ0v) is 10.3. The molecule has 2 aliphatic heterocycles. The third kappa shape index (κ3) is 3.31. The van der Waals surface area contributed by atoms with Crippen molar-refractivity contribution in [3.63, 3.8) is 0 Å². The van der Waals surface area contributed by atoms with Crippen LogP contribution in [0.1, 0.15) is 25.7 Å². The van der Waals surface area contributed by atoms with Crippen molar-refractivity contribution >= 4 is 22.2 Å². The normalized spacial score (nSPS) is 34.7. The van der Waals surface area contributed by atoms with E-state index in [1.54, 1.807) is 0 Å². The van der Waals surface area contributed by atoms with Crippen molar-refractivity contribution in [2.75, 3.05) is 18.9 Å². The lowest BCUT2D eigenvalue weighted by Gasteiger charge is -2.26. The zero-order chi connectivity index (χ0) is 10.0. The number of rotatable bonds is 2. The summed E-state index contributed by atoms with van der Waals surface area (Å²) >= 11 is 0. The minimum absolute atomic E-state index is 0. The maximum atomic E-state index is 11.6. The van der Waals surface area contributed by atoms with Gasteiger partial charge in [-0.2, -0.15) is 0 Å². The molecule has 0 aromatic rings. The molecule has 2 saturated heterocycles. The average Bonchev–Trinajstić information content (AvgIpc) is 2.48. The Hall–Kier alpha value is 0.160. The number of ether oxygens (including phenoxy) is 1. The van der Waals surface area contributed by atoms with Gasteiger partial charge >= 0.3 is 0 Å². The molecule has 4 nitrogen and oxygen atoms in total. The second kappa shape index (κ2) is 5.48. The molecule has 0 amide bonds. The molecule has 0 aliphatic carbocycles. The summed E-state index contributed by atoms with van der Waals surface area (Å²) < 4.78 is 28.6. The van der Waals surface area contributed by atoms with Gasteiger partial charge in [0.05, 0.1) is 11.0 Å². The van der Waals surface area contributed by atoms with Crippen molar-refractivity contribution < 1.29 is 13.2 Å². The minimum atomic E-state index is -2.81. The minimum Gasteiger partial charge on any atom is -0.363 e. The van der Waals surface area contributed by atoms with Gasteiger partial charge in [-0.1, -0.05) is 0 Å². The molecule has 0 radical (unpaired) electrons. The van der Waals surface area contributed by atoms with Gasteiger partial charge in [-0.15, -0.1) is 12.4 Å². The quantitative estimate of drug-likeness (QED) is 0.790. The van der Waals surface area contributed by atoms with Crippen molar-refractivity contribution in [2.45, 2.75) is 37.2 Å². The highest BCUT2D eigenvalue weighted by Gasteiger charge is 2.33. The first-order valence-corrected chi connectivity index (χ1v) is 6.96. The molecule has 2 aliphatic rings. The van der Waals surface area contributed by atoms with E-state index in [-0.39, 0.29) is 23.9 Å². The van der Waals surface area contributed by atoms with E-state index in [0.29, 0.717) is 12.2 Å². The summed E-state index contributed by atoms with van der Waals surface area (Å²) in [5.41, 5.74) is 0. The summed E-state index contributed by atoms with van der Waals surface area (Å²) in [7, 11) is -2.81. The summed E-state index contributed by atoms with van der Waals surface area (Å²) in [4.78, 5) is 0. The van der Waals surface area contributed by atoms with E-state index in [4.69, 9.17) is 4.74 Å². The monoisotopic (exact) mass is 255 g/mol. The Bertz CT molecular complexity index is 288. The van der Waals surface area contributed by atoms with E-state index in [1.165, 1.54) is 0 Å². The Labute approximate surface area is 97.1 Å². The van der Waals surface area contributed by atoms with Crippen LogP contribution >= 0.6 is 12.4 Å². The van der Waals surface area contributed by atoms with Gasteiger partial charge in [-0.25, -0.2) is 8.42 Å². The molecule has 1 N–H and O–H groups in total. The van der Waals surface area contributed by atoms with E-state index in [2.05, 4.69) is 5.32 Å². The lowest BCUT2D eigenvalue weighted by Crippen LogP contribution is -2.41. The summed E-state index contributed by atoms with van der Waals surface area (Å²) in [6.45, 7) is 1.70. The molecular weight excluding hydrogens is 238 g/mol. The summed E-state index contributed by atoms with van der Waals surface area (Å²) in [6, 6.07) is 0. The number of sulfone groups is 1. The SMILES string of the molecule is Cl.O=S1(=O)CCCC1CC1NCCCO1. The van der Waals surface area contributed by atoms with Crippen LogP contribution in [-0.4, -0.2) is 38.8 Å². The van der Waals surface area contributed by atoms with E-state index in [1.807, 2.05) is 0 Å². The average molecular weight is 256 g/mol. The Morgan fingerprint density at radius 1 is 1.33 bits per heavy atom. The Balaban J connectivity index is 0.00000112. The second-order valence-electron chi connectivity index (χ2n) is 4.03. The molecule has 15 heavy (non-hydrogen) atoms. The summed E-state index contributed by atoms with van der Waals surface area (Å²) in [5.74, 6) is 0.365. The standard InChI is InChI=1S/C9H17NO3S.ClH/c11-14(12)6-1-3-8(14)7-9-10-4-2-5-13-9;/h8-10H,1-7H2;1H. The molecule has 90 valence electrons. The zero-order valence-electron chi connectivity index (χ0n) is 8.65. The summed E-state index contributed by atoms with van der Waals surface area (Å²) in [5, 5.41) is 3.03. The highest BCUT2D eigenvalue weighted by atomic mass is 35.5. The van der Waals surface area contributed by atoms with Gasteiger partial charge in [0.15, 0.2) is 9.84 Å². The third-order valence-corrected chi connectivity index (χ3v) is 5.25. The fourth-order valence-corrected chi connectivity index (χ4v) is 4.03. The number of hydrogen-bond acceptors (Lipinski definition) is 4. The lowest BCUT2D eigenvalue weighted by molar-refractivity contribution is -0.00410. The Kier molecular flexibility index (Phi) is 4.83. The molecule has 2 rings (SSSR count). The van der Waals surface area contributed by atoms with Crippen LogP contribution < -0.4 is 5.32 Å². The van der Waals surface area contributed by atoms with Crippen LogP contribution in [0, 0.1) is 0 Å². The molecule has 6 heteroatoms. The molecule has 2 fully saturated rings. The molecule has 0 aromatic heterocycles. The molecule has 2 unspecified atom stereocenters. The van der Waals surface area contributed by atoms with Crippen LogP contribution in [0.15, 0.2) is 0 Å². The van der Waals surface area contributed by atoms with Gasteiger partial charge in [0.2, 0.25) is 0 Å². The topological polar surface area (TPSA) is 55.4 Å². The second-order valence-corrected chi connectivity index (χ2v) is 6.43. The third-order valence-electron chi connectivity index (χ3n) is 2.95. The highest BCUT2D eigenvalue weighted by molar-refractivity contribution is 7.92. The van der Waals surface area contributed by atoms with Gasteiger partial charge < -0.3 is 4.74 Å². The van der Waals surface area contributed by atoms with Gasteiger partial charge in [0.25, 0.3) is 0 Å². The first-order valence-electron chi connectivity index (χ1n) is 5.25. The van der Waals surface area contributed by atoms with Crippen LogP contribution in [0.3, 0.4) is 0 Å². The van der Waals surface area contributed by atoms with Crippen LogP contribution in [0.5, 0.6) is 0 Å². The first kappa shape index (κ1) is 13.2. The highest BCUT2D eigenvalue weighted by Crippen LogP contribution is 2.24. The molecule has 0 bridgehead atoms. The molecule has 0 saturated carbocycles. The van der Waals surface area contributed by atoms with E-state index >= 15 is 0 Å². The lowest BCUT2D eigenvalue weighted by atomic mass is 10.2. The van der Waals surface area contributed by atoms with Crippen LogP contribution in [0.25, 0.3) is 0 Å². The van der Waals surface area contributed by atoms with Crippen LogP contribution in [-0.2, 0) is 14.6 Å². The van der Waals surface area contributed by atoms with E-state index < -0.39 is 9.84 Å². The van der Waals surface area contributed by atoms with Gasteiger partial charge in [0.1, 0.15) is 6.23 Å². The van der Waals surface area contributed by atoms with Crippen molar-refractivity contribution in [3.8, 4) is 0 Å². The molecule has 2 heterocycles. The summed E-state index contributed by atoms with van der Waals surface area (Å²) in [6.07, 6.45) is 3.24. The maximum Gasteiger partial charge on any atom is 0.153 e. The number of nitrogens with one attached hydrogen (secondary N) is 1. The van der Waals surface area contributed by atoms with Gasteiger partial charge in [-0.05, 0) is 25.8 Å². The predicted octanol–water partition coefficient (Wildman–Crippen LogP) is 0.712. The van der Waals surface area contributed by atoms with Crippen LogP contribution in [0.2, 0.25) is 0 Å². The fraction of sp³-hybridized carbons (Fsp3) is 1.00. The Morgan fingerprint density at radius 2 is 2.13 bits per heavy atom. The Morgan fingerprint density at radius 3 is 2.67 bits per heavy atom. The van der Waals surface area contributed by atoms with E-state index in [0.717, 1.165) is 32.4 Å². The molecular formula is C9H18ClNO3S. The molecule has 2 atom stereocenters. The van der Waals surface area contributed by atoms with Crippen molar-refractivity contribution in [3.05, 3.63) is 0 Å². The maximum absolute atomic E-state index is 11.6. The largest absolute Gasteiger partial charge is 0.363 e. The number of hydrogen-bond donors (Lipinski definition) is 1. The van der Waals surface area contributed by atoms with E-state index in [9.17, 15) is 8.42 Å². The van der Waals surface area contributed by atoms with Gasteiger partial charge in [-0.3, -0.25) is 5.32 Å². The first-order chi connectivity index (χ1) is 6.68. The smallest absolute Gasteiger partial charge is 0.153 e. The van der Waals surface area contributed by atoms with Crippen molar-refractivity contribution in [1.82, 2.24) is 5.32 Å². The molecule has 0 spiro atoms. The van der Waals surface area contributed by atoms with Crippen LogP contribution in [0.4, 0.5) is 0 Å². The number of halogens is 1. The van der Waals surface area contributed by atoms with Gasteiger partial charge in [0, 0.05) is 13.0 Å².